The highest BCUT2D eigenvalue weighted by molar-refractivity contribution is 8.01. The van der Waals surface area contributed by atoms with Crippen LogP contribution in [0.25, 0.3) is 0 Å². The zero-order valence-electron chi connectivity index (χ0n) is 16.3. The predicted molar refractivity (Wildman–Crippen MR) is 108 cm³/mol. The number of thioether (sulfide) groups is 1. The maximum Gasteiger partial charge on any atom is 0.330 e. The average Bonchev–Trinajstić information content (AvgIpc) is 3.12. The summed E-state index contributed by atoms with van der Waals surface area (Å²) in [6, 6.07) is 6.00. The van der Waals surface area contributed by atoms with Crippen LogP contribution in [0.5, 0.6) is 0 Å². The molecule has 3 amide bonds. The number of hydrogen-bond donors (Lipinski definition) is 1. The summed E-state index contributed by atoms with van der Waals surface area (Å²) in [5.41, 5.74) is 1.12. The number of fused-ring (bicyclic) bond motifs is 2. The third-order valence-corrected chi connectivity index (χ3v) is 7.19. The smallest absolute Gasteiger partial charge is 0.330 e. The van der Waals surface area contributed by atoms with Crippen molar-refractivity contribution in [1.29, 1.82) is 0 Å². The molecule has 3 heterocycles. The fraction of sp³-hybridized carbons (Fsp3) is 0.500. The van der Waals surface area contributed by atoms with E-state index in [0.29, 0.717) is 30.0 Å². The zero-order valence-corrected chi connectivity index (χ0v) is 17.2. The van der Waals surface area contributed by atoms with E-state index in [1.54, 1.807) is 47.9 Å². The lowest BCUT2D eigenvalue weighted by atomic mass is 10.1. The van der Waals surface area contributed by atoms with Gasteiger partial charge in [0.2, 0.25) is 11.8 Å². The van der Waals surface area contributed by atoms with Gasteiger partial charge in [0.1, 0.15) is 6.04 Å². The number of nitrogens with zero attached hydrogens (tertiary/aromatic N) is 2. The molecule has 1 N–H and O–H groups in total. The van der Waals surface area contributed by atoms with Crippen LogP contribution in [0.15, 0.2) is 24.3 Å². The van der Waals surface area contributed by atoms with E-state index in [1.165, 1.54) is 4.90 Å². The Labute approximate surface area is 172 Å². The monoisotopic (exact) mass is 417 g/mol. The molecule has 0 aromatic heterocycles. The van der Waals surface area contributed by atoms with Crippen molar-refractivity contribution in [2.24, 2.45) is 0 Å². The minimum absolute atomic E-state index is 0.0505. The Balaban J connectivity index is 1.46. The molecule has 2 fully saturated rings. The number of anilines is 2. The van der Waals surface area contributed by atoms with Gasteiger partial charge in [-0.2, -0.15) is 0 Å². The lowest BCUT2D eigenvalue weighted by Gasteiger charge is -2.30. The molecule has 1 aromatic carbocycles. The third-order valence-electron chi connectivity index (χ3n) is 5.68. The first-order chi connectivity index (χ1) is 13.8. The van der Waals surface area contributed by atoms with Crippen molar-refractivity contribution in [2.75, 3.05) is 22.6 Å². The van der Waals surface area contributed by atoms with Gasteiger partial charge in [-0.05, 0) is 32.4 Å². The first kappa shape index (κ1) is 19.8. The van der Waals surface area contributed by atoms with E-state index in [2.05, 4.69) is 5.32 Å². The molecular weight excluding hydrogens is 394 g/mol. The minimum Gasteiger partial charge on any atom is -0.454 e. The molecule has 0 unspecified atom stereocenters. The third kappa shape index (κ3) is 3.48. The Bertz CT molecular complexity index is 891. The Morgan fingerprint density at radius 3 is 2.86 bits per heavy atom. The fourth-order valence-electron chi connectivity index (χ4n) is 4.26. The molecule has 2 saturated heterocycles. The highest BCUT2D eigenvalue weighted by Crippen LogP contribution is 2.47. The van der Waals surface area contributed by atoms with Crippen molar-refractivity contribution in [3.63, 3.8) is 0 Å². The number of ether oxygens (including phenoxy) is 1. The predicted octanol–water partition coefficient (Wildman–Crippen LogP) is 1.75. The number of esters is 1. The van der Waals surface area contributed by atoms with E-state index in [9.17, 15) is 19.2 Å². The molecule has 8 nitrogen and oxygen atoms in total. The molecule has 4 rings (SSSR count). The maximum absolute atomic E-state index is 12.9. The van der Waals surface area contributed by atoms with E-state index < -0.39 is 24.5 Å². The number of carbonyl (C=O) groups is 4. The molecule has 0 radical (unpaired) electrons. The van der Waals surface area contributed by atoms with Gasteiger partial charge in [-0.1, -0.05) is 12.1 Å². The van der Waals surface area contributed by atoms with Gasteiger partial charge >= 0.3 is 5.97 Å². The van der Waals surface area contributed by atoms with Crippen molar-refractivity contribution >= 4 is 46.8 Å². The van der Waals surface area contributed by atoms with Crippen LogP contribution in [-0.4, -0.2) is 57.9 Å². The number of benzene rings is 1. The number of amides is 3. The summed E-state index contributed by atoms with van der Waals surface area (Å²) in [5.74, 6) is -0.723. The largest absolute Gasteiger partial charge is 0.454 e. The Morgan fingerprint density at radius 2 is 2.07 bits per heavy atom. The summed E-state index contributed by atoms with van der Waals surface area (Å²) in [7, 11) is 0. The lowest BCUT2D eigenvalue weighted by Crippen LogP contribution is -2.48. The summed E-state index contributed by atoms with van der Waals surface area (Å²) in [4.78, 5) is 52.6. The van der Waals surface area contributed by atoms with Crippen LogP contribution >= 0.6 is 11.8 Å². The highest BCUT2D eigenvalue weighted by Gasteiger charge is 2.53. The van der Waals surface area contributed by atoms with E-state index in [4.69, 9.17) is 4.74 Å². The maximum atomic E-state index is 12.9. The molecule has 1 aromatic rings. The molecule has 154 valence electrons. The fourth-order valence-corrected chi connectivity index (χ4v) is 5.68. The second kappa shape index (κ2) is 7.37. The number of carbonyl (C=O) groups excluding carboxylic acids is 4. The second-order valence-corrected chi connectivity index (χ2v) is 9.26. The zero-order chi connectivity index (χ0) is 20.8. The molecule has 29 heavy (non-hydrogen) atoms. The molecule has 3 aliphatic heterocycles. The molecule has 0 spiro atoms. The van der Waals surface area contributed by atoms with Crippen molar-refractivity contribution in [3.8, 4) is 0 Å². The summed E-state index contributed by atoms with van der Waals surface area (Å²) in [6.07, 6.45) is 1.28. The van der Waals surface area contributed by atoms with Gasteiger partial charge in [-0.3, -0.25) is 14.4 Å². The van der Waals surface area contributed by atoms with Crippen LogP contribution < -0.4 is 10.2 Å². The summed E-state index contributed by atoms with van der Waals surface area (Å²) < 4.78 is 5.33. The SMILES string of the molecule is C[C@@H]1CC(=O)Nc2ccccc2N1C(=O)COC(=O)[C@@H]1CS[C@@]2(C)CCC(=O)N12. The minimum atomic E-state index is -0.662. The van der Waals surface area contributed by atoms with Crippen molar-refractivity contribution < 1.29 is 23.9 Å². The first-order valence-electron chi connectivity index (χ1n) is 9.64. The normalized spacial score (nSPS) is 28.5. The molecular formula is C20H23N3O5S. The van der Waals surface area contributed by atoms with Gasteiger partial charge in [0.25, 0.3) is 5.91 Å². The van der Waals surface area contributed by atoms with Crippen LogP contribution in [0, 0.1) is 0 Å². The van der Waals surface area contributed by atoms with Gasteiger partial charge < -0.3 is 19.9 Å². The number of rotatable bonds is 3. The van der Waals surface area contributed by atoms with Crippen LogP contribution in [0.2, 0.25) is 0 Å². The summed E-state index contributed by atoms with van der Waals surface area (Å²) in [5, 5.41) is 2.79. The van der Waals surface area contributed by atoms with Crippen molar-refractivity contribution in [2.45, 2.75) is 50.1 Å². The van der Waals surface area contributed by atoms with Crippen LogP contribution in [0.1, 0.15) is 33.1 Å². The van der Waals surface area contributed by atoms with Gasteiger partial charge in [0.15, 0.2) is 6.61 Å². The number of hydrogen-bond acceptors (Lipinski definition) is 6. The summed E-state index contributed by atoms with van der Waals surface area (Å²) >= 11 is 1.58. The Kier molecular flexibility index (Phi) is 5.02. The molecule has 3 atom stereocenters. The van der Waals surface area contributed by atoms with Gasteiger partial charge in [0.05, 0.1) is 16.2 Å². The Hall–Kier alpha value is -2.55. The lowest BCUT2D eigenvalue weighted by molar-refractivity contribution is -0.155. The number of para-hydroxylation sites is 2. The highest BCUT2D eigenvalue weighted by atomic mass is 32.2. The number of nitrogens with one attached hydrogen (secondary N) is 1. The van der Waals surface area contributed by atoms with E-state index in [0.717, 1.165) is 0 Å². The first-order valence-corrected chi connectivity index (χ1v) is 10.6. The standard InChI is InChI=1S/C20H23N3O5S/c1-12-9-16(24)21-13-5-3-4-6-14(13)22(12)18(26)10-28-19(27)15-11-29-20(2)8-7-17(25)23(15)20/h3-6,12,15H,7-11H2,1-2H3,(H,21,24)/t12-,15+,20+/m1/s1. The average molecular weight is 417 g/mol. The topological polar surface area (TPSA) is 96.0 Å². The molecule has 0 bridgehead atoms. The van der Waals surface area contributed by atoms with E-state index in [-0.39, 0.29) is 29.1 Å². The second-order valence-electron chi connectivity index (χ2n) is 7.76. The quantitative estimate of drug-likeness (QED) is 0.753. The van der Waals surface area contributed by atoms with Gasteiger partial charge in [0, 0.05) is 24.6 Å². The summed E-state index contributed by atoms with van der Waals surface area (Å²) in [6.45, 7) is 3.30. The van der Waals surface area contributed by atoms with Gasteiger partial charge in [-0.25, -0.2) is 4.79 Å². The molecule has 0 saturated carbocycles. The van der Waals surface area contributed by atoms with Gasteiger partial charge in [-0.15, -0.1) is 11.8 Å². The van der Waals surface area contributed by atoms with Crippen molar-refractivity contribution in [3.05, 3.63) is 24.3 Å². The van der Waals surface area contributed by atoms with Crippen LogP contribution in [0.3, 0.4) is 0 Å². The van der Waals surface area contributed by atoms with E-state index >= 15 is 0 Å². The van der Waals surface area contributed by atoms with Crippen LogP contribution in [-0.2, 0) is 23.9 Å². The van der Waals surface area contributed by atoms with Crippen molar-refractivity contribution in [1.82, 2.24) is 4.90 Å². The van der Waals surface area contributed by atoms with Crippen LogP contribution in [0.4, 0.5) is 11.4 Å². The Morgan fingerprint density at radius 1 is 1.31 bits per heavy atom. The molecule has 3 aliphatic rings. The van der Waals surface area contributed by atoms with E-state index in [1.807, 2.05) is 6.92 Å². The molecule has 9 heteroatoms. The molecule has 0 aliphatic carbocycles.